The van der Waals surface area contributed by atoms with Crippen LogP contribution in [0.25, 0.3) is 0 Å². The van der Waals surface area contributed by atoms with Crippen LogP contribution in [0.15, 0.2) is 0 Å². The number of nitrogens with zero attached hydrogens (tertiary/aromatic N) is 1. The van der Waals surface area contributed by atoms with Gasteiger partial charge in [0.1, 0.15) is 5.60 Å². The molecule has 0 aromatic carbocycles. The maximum absolute atomic E-state index is 12.1. The first-order valence-electron chi connectivity index (χ1n) is 8.37. The Balaban J connectivity index is 4.12. The standard InChI is InChI=1S/C17H36N2O2/c1-8-12-19(16(20)21-17(5,6)7)13-11-18-15(4)10-9-14(2)3/h14-15,18H,8-13H2,1-7H3. The normalized spacial score (nSPS) is 13.3. The van der Waals surface area contributed by atoms with E-state index in [0.717, 1.165) is 25.4 Å². The largest absolute Gasteiger partial charge is 0.444 e. The number of nitrogens with one attached hydrogen (secondary N) is 1. The molecule has 4 nitrogen and oxygen atoms in total. The second-order valence-electron chi connectivity index (χ2n) is 7.29. The number of carbonyl (C=O) groups is 1. The molecule has 21 heavy (non-hydrogen) atoms. The fourth-order valence-electron chi connectivity index (χ4n) is 2.02. The highest BCUT2D eigenvalue weighted by Crippen LogP contribution is 2.10. The van der Waals surface area contributed by atoms with Crippen LogP contribution in [0.1, 0.15) is 67.7 Å². The molecule has 0 aliphatic rings. The van der Waals surface area contributed by atoms with Crippen molar-refractivity contribution < 1.29 is 9.53 Å². The number of rotatable bonds is 9. The van der Waals surface area contributed by atoms with Gasteiger partial charge in [-0.2, -0.15) is 0 Å². The van der Waals surface area contributed by atoms with Crippen molar-refractivity contribution in [2.24, 2.45) is 5.92 Å². The summed E-state index contributed by atoms with van der Waals surface area (Å²) >= 11 is 0. The van der Waals surface area contributed by atoms with Crippen LogP contribution in [-0.2, 0) is 4.74 Å². The van der Waals surface area contributed by atoms with Crippen LogP contribution in [0.4, 0.5) is 4.79 Å². The summed E-state index contributed by atoms with van der Waals surface area (Å²) in [5.41, 5.74) is -0.430. The van der Waals surface area contributed by atoms with Crippen LogP contribution in [-0.4, -0.2) is 42.3 Å². The van der Waals surface area contributed by atoms with Gasteiger partial charge in [-0.3, -0.25) is 0 Å². The first kappa shape index (κ1) is 20.2. The van der Waals surface area contributed by atoms with Gasteiger partial charge in [0.25, 0.3) is 0 Å². The molecule has 0 spiro atoms. The average Bonchev–Trinajstić information content (AvgIpc) is 2.33. The number of ether oxygens (including phenoxy) is 1. The molecule has 0 heterocycles. The molecule has 0 rings (SSSR count). The molecule has 126 valence electrons. The highest BCUT2D eigenvalue weighted by molar-refractivity contribution is 5.68. The van der Waals surface area contributed by atoms with Gasteiger partial charge in [0.05, 0.1) is 0 Å². The fourth-order valence-corrected chi connectivity index (χ4v) is 2.02. The molecular weight excluding hydrogens is 264 g/mol. The molecular formula is C17H36N2O2. The summed E-state index contributed by atoms with van der Waals surface area (Å²) in [5.74, 6) is 0.743. The highest BCUT2D eigenvalue weighted by Gasteiger charge is 2.21. The van der Waals surface area contributed by atoms with E-state index in [1.54, 1.807) is 4.90 Å². The average molecular weight is 300 g/mol. The Bertz CT molecular complexity index is 285. The van der Waals surface area contributed by atoms with E-state index in [-0.39, 0.29) is 6.09 Å². The molecule has 0 aromatic rings. The van der Waals surface area contributed by atoms with Crippen LogP contribution in [0.2, 0.25) is 0 Å². The van der Waals surface area contributed by atoms with E-state index in [1.807, 2.05) is 20.8 Å². The van der Waals surface area contributed by atoms with Crippen molar-refractivity contribution in [3.8, 4) is 0 Å². The summed E-state index contributed by atoms with van der Waals surface area (Å²) in [6.45, 7) is 16.8. The molecule has 0 aliphatic heterocycles. The number of hydrogen-bond acceptors (Lipinski definition) is 3. The zero-order valence-corrected chi connectivity index (χ0v) is 15.2. The zero-order chi connectivity index (χ0) is 16.5. The van der Waals surface area contributed by atoms with Gasteiger partial charge in [-0.15, -0.1) is 0 Å². The Morgan fingerprint density at radius 3 is 2.24 bits per heavy atom. The summed E-state index contributed by atoms with van der Waals surface area (Å²) in [7, 11) is 0. The summed E-state index contributed by atoms with van der Waals surface area (Å²) in [6.07, 6.45) is 3.15. The van der Waals surface area contributed by atoms with Gasteiger partial charge in [-0.25, -0.2) is 4.79 Å². The van der Waals surface area contributed by atoms with Gasteiger partial charge >= 0.3 is 6.09 Å². The van der Waals surface area contributed by atoms with Crippen molar-refractivity contribution in [2.75, 3.05) is 19.6 Å². The Labute approximate surface area is 131 Å². The summed E-state index contributed by atoms with van der Waals surface area (Å²) in [4.78, 5) is 13.9. The second-order valence-corrected chi connectivity index (χ2v) is 7.29. The molecule has 1 amide bonds. The molecule has 0 radical (unpaired) electrons. The number of carbonyl (C=O) groups excluding carboxylic acids is 1. The van der Waals surface area contributed by atoms with Crippen molar-refractivity contribution in [3.05, 3.63) is 0 Å². The minimum atomic E-state index is -0.430. The lowest BCUT2D eigenvalue weighted by Crippen LogP contribution is -2.42. The van der Waals surface area contributed by atoms with Crippen molar-refractivity contribution in [1.82, 2.24) is 10.2 Å². The minimum Gasteiger partial charge on any atom is -0.444 e. The first-order valence-corrected chi connectivity index (χ1v) is 8.37. The van der Waals surface area contributed by atoms with E-state index in [9.17, 15) is 4.79 Å². The van der Waals surface area contributed by atoms with E-state index in [2.05, 4.69) is 33.0 Å². The molecule has 4 heteroatoms. The van der Waals surface area contributed by atoms with Crippen LogP contribution in [0.3, 0.4) is 0 Å². The van der Waals surface area contributed by atoms with Crippen molar-refractivity contribution in [2.45, 2.75) is 79.4 Å². The van der Waals surface area contributed by atoms with Crippen LogP contribution in [0.5, 0.6) is 0 Å². The Kier molecular flexibility index (Phi) is 9.67. The first-order chi connectivity index (χ1) is 9.65. The molecule has 0 bridgehead atoms. The predicted molar refractivity (Wildman–Crippen MR) is 89.6 cm³/mol. The topological polar surface area (TPSA) is 41.6 Å². The zero-order valence-electron chi connectivity index (χ0n) is 15.2. The van der Waals surface area contributed by atoms with E-state index in [4.69, 9.17) is 4.74 Å². The maximum atomic E-state index is 12.1. The van der Waals surface area contributed by atoms with Gasteiger partial charge in [-0.1, -0.05) is 20.8 Å². The van der Waals surface area contributed by atoms with Gasteiger partial charge in [-0.05, 0) is 52.9 Å². The summed E-state index contributed by atoms with van der Waals surface area (Å²) in [6, 6.07) is 0.495. The molecule has 0 aromatic heterocycles. The maximum Gasteiger partial charge on any atom is 0.410 e. The van der Waals surface area contributed by atoms with Gasteiger partial charge in [0.15, 0.2) is 0 Å². The Morgan fingerprint density at radius 1 is 1.14 bits per heavy atom. The second kappa shape index (κ2) is 10.0. The number of hydrogen-bond donors (Lipinski definition) is 1. The third-order valence-electron chi connectivity index (χ3n) is 3.20. The Morgan fingerprint density at radius 2 is 1.76 bits per heavy atom. The Hall–Kier alpha value is -0.770. The van der Waals surface area contributed by atoms with Gasteiger partial charge in [0.2, 0.25) is 0 Å². The molecule has 0 saturated carbocycles. The van der Waals surface area contributed by atoms with Gasteiger partial charge in [0, 0.05) is 25.7 Å². The van der Waals surface area contributed by atoms with E-state index in [1.165, 1.54) is 12.8 Å². The van der Waals surface area contributed by atoms with E-state index >= 15 is 0 Å². The smallest absolute Gasteiger partial charge is 0.410 e. The van der Waals surface area contributed by atoms with Crippen molar-refractivity contribution in [1.29, 1.82) is 0 Å². The number of amides is 1. The quantitative estimate of drug-likeness (QED) is 0.698. The SMILES string of the molecule is CCCN(CCNC(C)CCC(C)C)C(=O)OC(C)(C)C. The van der Waals surface area contributed by atoms with E-state index < -0.39 is 5.60 Å². The van der Waals surface area contributed by atoms with Crippen molar-refractivity contribution in [3.63, 3.8) is 0 Å². The molecule has 0 fully saturated rings. The fraction of sp³-hybridized carbons (Fsp3) is 0.941. The summed E-state index contributed by atoms with van der Waals surface area (Å²) in [5, 5.41) is 3.50. The lowest BCUT2D eigenvalue weighted by molar-refractivity contribution is 0.0250. The highest BCUT2D eigenvalue weighted by atomic mass is 16.6. The van der Waals surface area contributed by atoms with Crippen molar-refractivity contribution >= 4 is 6.09 Å². The third-order valence-corrected chi connectivity index (χ3v) is 3.20. The lowest BCUT2D eigenvalue weighted by atomic mass is 10.0. The lowest BCUT2D eigenvalue weighted by Gasteiger charge is -2.27. The van der Waals surface area contributed by atoms with Crippen LogP contribution < -0.4 is 5.32 Å². The molecule has 1 N–H and O–H groups in total. The molecule has 0 saturated heterocycles. The summed E-state index contributed by atoms with van der Waals surface area (Å²) < 4.78 is 5.45. The minimum absolute atomic E-state index is 0.207. The van der Waals surface area contributed by atoms with Crippen LogP contribution >= 0.6 is 0 Å². The predicted octanol–water partition coefficient (Wildman–Crippen LogP) is 4.05. The van der Waals surface area contributed by atoms with E-state index in [0.29, 0.717) is 12.6 Å². The third kappa shape index (κ3) is 11.6. The monoisotopic (exact) mass is 300 g/mol. The molecule has 1 unspecified atom stereocenters. The van der Waals surface area contributed by atoms with Gasteiger partial charge < -0.3 is 15.0 Å². The van der Waals surface area contributed by atoms with Crippen LogP contribution in [0, 0.1) is 5.92 Å². The molecule has 0 aliphatic carbocycles. The molecule has 1 atom stereocenters.